The summed E-state index contributed by atoms with van der Waals surface area (Å²) in [5, 5.41) is 3.46. The fourth-order valence-corrected chi connectivity index (χ4v) is 4.03. The van der Waals surface area contributed by atoms with Crippen molar-refractivity contribution in [3.8, 4) is 0 Å². The van der Waals surface area contributed by atoms with E-state index in [2.05, 4.69) is 19.2 Å². The number of hydrogen-bond donors (Lipinski definition) is 1. The highest BCUT2D eigenvalue weighted by Crippen LogP contribution is 2.44. The van der Waals surface area contributed by atoms with Gasteiger partial charge in [-0.25, -0.2) is 4.79 Å². The number of piperidine rings is 2. The lowest BCUT2D eigenvalue weighted by Crippen LogP contribution is -2.47. The molecule has 0 aliphatic carbocycles. The zero-order valence-electron chi connectivity index (χ0n) is 15.1. The topological polar surface area (TPSA) is 41.6 Å². The first-order valence-corrected chi connectivity index (χ1v) is 8.89. The first-order valence-electron chi connectivity index (χ1n) is 8.89. The molecule has 0 saturated carbocycles. The quantitative estimate of drug-likeness (QED) is 0.846. The van der Waals surface area contributed by atoms with E-state index in [9.17, 15) is 4.79 Å². The van der Waals surface area contributed by atoms with Crippen LogP contribution in [0.25, 0.3) is 0 Å². The van der Waals surface area contributed by atoms with Gasteiger partial charge in [0, 0.05) is 13.1 Å². The maximum absolute atomic E-state index is 12.2. The molecule has 4 nitrogen and oxygen atoms in total. The standard InChI is InChI=1S/C18H34N2O2/c1-17(2,3)22-16(21)20-12-8-15(9-13-20)18(4,5)14-6-10-19-11-7-14/h14-15,19H,6-13H2,1-5H3. The lowest BCUT2D eigenvalue weighted by atomic mass is 9.63. The second-order valence-corrected chi connectivity index (χ2v) is 8.59. The molecule has 0 spiro atoms. The number of carbonyl (C=O) groups is 1. The summed E-state index contributed by atoms with van der Waals surface area (Å²) in [4.78, 5) is 14.1. The van der Waals surface area contributed by atoms with Crippen LogP contribution in [0.3, 0.4) is 0 Å². The Labute approximate surface area is 136 Å². The molecule has 1 amide bonds. The van der Waals surface area contributed by atoms with Crippen LogP contribution < -0.4 is 5.32 Å². The van der Waals surface area contributed by atoms with E-state index in [1.54, 1.807) is 0 Å². The summed E-state index contributed by atoms with van der Waals surface area (Å²) in [6, 6.07) is 0. The molecule has 1 N–H and O–H groups in total. The molecule has 2 rings (SSSR count). The highest BCUT2D eigenvalue weighted by Gasteiger charge is 2.40. The van der Waals surface area contributed by atoms with Crippen LogP contribution in [0.2, 0.25) is 0 Å². The fraction of sp³-hybridized carbons (Fsp3) is 0.944. The van der Waals surface area contributed by atoms with Crippen LogP contribution in [0, 0.1) is 17.3 Å². The highest BCUT2D eigenvalue weighted by molar-refractivity contribution is 5.68. The van der Waals surface area contributed by atoms with Crippen molar-refractivity contribution in [1.82, 2.24) is 10.2 Å². The van der Waals surface area contributed by atoms with Crippen LogP contribution in [0.4, 0.5) is 4.79 Å². The number of hydrogen-bond acceptors (Lipinski definition) is 3. The maximum atomic E-state index is 12.2. The van der Waals surface area contributed by atoms with Gasteiger partial charge in [0.05, 0.1) is 0 Å². The van der Waals surface area contributed by atoms with Crippen molar-refractivity contribution in [3.63, 3.8) is 0 Å². The summed E-state index contributed by atoms with van der Waals surface area (Å²) in [6.07, 6.45) is 4.65. The third kappa shape index (κ3) is 4.37. The Kier molecular flexibility index (Phi) is 5.41. The number of amides is 1. The van der Waals surface area contributed by atoms with Gasteiger partial charge in [0.1, 0.15) is 5.60 Å². The summed E-state index contributed by atoms with van der Waals surface area (Å²) < 4.78 is 5.49. The Hall–Kier alpha value is -0.770. The molecule has 22 heavy (non-hydrogen) atoms. The Morgan fingerprint density at radius 3 is 1.95 bits per heavy atom. The fourth-order valence-electron chi connectivity index (χ4n) is 4.03. The average molecular weight is 310 g/mol. The minimum atomic E-state index is -0.400. The van der Waals surface area contributed by atoms with Crippen LogP contribution in [0.15, 0.2) is 0 Å². The normalized spacial score (nSPS) is 22.7. The highest BCUT2D eigenvalue weighted by atomic mass is 16.6. The molecule has 0 aromatic heterocycles. The van der Waals surface area contributed by atoms with Gasteiger partial charge in [0.25, 0.3) is 0 Å². The molecule has 0 atom stereocenters. The Morgan fingerprint density at radius 1 is 0.955 bits per heavy atom. The molecule has 4 heteroatoms. The van der Waals surface area contributed by atoms with Crippen LogP contribution in [-0.2, 0) is 4.74 Å². The van der Waals surface area contributed by atoms with E-state index < -0.39 is 5.60 Å². The van der Waals surface area contributed by atoms with Gasteiger partial charge in [-0.1, -0.05) is 13.8 Å². The molecule has 0 bridgehead atoms. The van der Waals surface area contributed by atoms with Crippen LogP contribution in [0.1, 0.15) is 60.3 Å². The van der Waals surface area contributed by atoms with Crippen molar-refractivity contribution >= 4 is 6.09 Å². The lowest BCUT2D eigenvalue weighted by molar-refractivity contribution is 0.00189. The van der Waals surface area contributed by atoms with Gasteiger partial charge in [-0.3, -0.25) is 0 Å². The van der Waals surface area contributed by atoms with E-state index in [1.807, 2.05) is 25.7 Å². The zero-order valence-corrected chi connectivity index (χ0v) is 15.1. The van der Waals surface area contributed by atoms with Gasteiger partial charge >= 0.3 is 6.09 Å². The number of nitrogens with one attached hydrogen (secondary N) is 1. The maximum Gasteiger partial charge on any atom is 0.410 e. The molecule has 0 unspecified atom stereocenters. The van der Waals surface area contributed by atoms with Crippen molar-refractivity contribution in [2.45, 2.75) is 65.9 Å². The first-order chi connectivity index (χ1) is 10.2. The SMILES string of the molecule is CC(C)(C)OC(=O)N1CCC(C(C)(C)C2CCNCC2)CC1. The van der Waals surface area contributed by atoms with E-state index in [0.717, 1.165) is 44.9 Å². The molecule has 0 radical (unpaired) electrons. The predicted octanol–water partition coefficient (Wildman–Crippen LogP) is 3.66. The lowest BCUT2D eigenvalue weighted by Gasteiger charge is -2.46. The van der Waals surface area contributed by atoms with E-state index in [1.165, 1.54) is 12.8 Å². The first kappa shape index (κ1) is 17.6. The second-order valence-electron chi connectivity index (χ2n) is 8.59. The third-order valence-corrected chi connectivity index (χ3v) is 5.59. The Morgan fingerprint density at radius 2 is 1.45 bits per heavy atom. The van der Waals surface area contributed by atoms with E-state index in [4.69, 9.17) is 4.74 Å². The Balaban J connectivity index is 1.87. The number of carbonyl (C=O) groups excluding carboxylic acids is 1. The van der Waals surface area contributed by atoms with Gasteiger partial charge < -0.3 is 15.0 Å². The zero-order chi connectivity index (χ0) is 16.4. The van der Waals surface area contributed by atoms with Crippen LogP contribution in [-0.4, -0.2) is 42.8 Å². The van der Waals surface area contributed by atoms with E-state index in [-0.39, 0.29) is 6.09 Å². The van der Waals surface area contributed by atoms with Gasteiger partial charge in [0.2, 0.25) is 0 Å². The molecule has 0 aromatic rings. The Bertz CT molecular complexity index is 373. The molecular formula is C18H34N2O2. The van der Waals surface area contributed by atoms with Crippen molar-refractivity contribution in [3.05, 3.63) is 0 Å². The number of ether oxygens (including phenoxy) is 1. The number of likely N-dealkylation sites (tertiary alicyclic amines) is 1. The summed E-state index contributed by atoms with van der Waals surface area (Å²) in [5.74, 6) is 1.53. The minimum Gasteiger partial charge on any atom is -0.444 e. The van der Waals surface area contributed by atoms with Crippen LogP contribution in [0.5, 0.6) is 0 Å². The van der Waals surface area contributed by atoms with Crippen molar-refractivity contribution in [2.75, 3.05) is 26.2 Å². The molecule has 2 saturated heterocycles. The average Bonchev–Trinajstić information content (AvgIpc) is 2.46. The second kappa shape index (κ2) is 6.77. The van der Waals surface area contributed by atoms with Crippen LogP contribution >= 0.6 is 0 Å². The molecule has 2 aliphatic rings. The van der Waals surface area contributed by atoms with Gasteiger partial charge in [-0.05, 0) is 76.8 Å². The van der Waals surface area contributed by atoms with Gasteiger partial charge in [0.15, 0.2) is 0 Å². The van der Waals surface area contributed by atoms with E-state index in [0.29, 0.717) is 11.3 Å². The molecule has 128 valence electrons. The minimum absolute atomic E-state index is 0.148. The van der Waals surface area contributed by atoms with Crippen molar-refractivity contribution in [1.29, 1.82) is 0 Å². The summed E-state index contributed by atoms with van der Waals surface area (Å²) in [6.45, 7) is 14.7. The molecule has 0 aromatic carbocycles. The monoisotopic (exact) mass is 310 g/mol. The molecule has 2 heterocycles. The molecule has 2 aliphatic heterocycles. The number of rotatable bonds is 2. The van der Waals surface area contributed by atoms with Gasteiger partial charge in [-0.15, -0.1) is 0 Å². The molecule has 2 fully saturated rings. The molecular weight excluding hydrogens is 276 g/mol. The summed E-state index contributed by atoms with van der Waals surface area (Å²) in [7, 11) is 0. The van der Waals surface area contributed by atoms with Crippen molar-refractivity contribution < 1.29 is 9.53 Å². The largest absolute Gasteiger partial charge is 0.444 e. The predicted molar refractivity (Wildman–Crippen MR) is 89.9 cm³/mol. The van der Waals surface area contributed by atoms with E-state index >= 15 is 0 Å². The third-order valence-electron chi connectivity index (χ3n) is 5.59. The smallest absolute Gasteiger partial charge is 0.410 e. The van der Waals surface area contributed by atoms with Crippen molar-refractivity contribution in [2.24, 2.45) is 17.3 Å². The van der Waals surface area contributed by atoms with Gasteiger partial charge in [-0.2, -0.15) is 0 Å². The summed E-state index contributed by atoms with van der Waals surface area (Å²) >= 11 is 0. The number of nitrogens with zero attached hydrogens (tertiary/aromatic N) is 1. The summed E-state index contributed by atoms with van der Waals surface area (Å²) in [5.41, 5.74) is -0.0234.